The van der Waals surface area contributed by atoms with E-state index >= 15 is 0 Å². The highest BCUT2D eigenvalue weighted by atomic mass is 16.5. The number of benzene rings is 4. The van der Waals surface area contributed by atoms with E-state index in [1.54, 1.807) is 10.6 Å². The minimum absolute atomic E-state index is 0.0794. The van der Waals surface area contributed by atoms with Crippen LogP contribution >= 0.6 is 0 Å². The highest BCUT2D eigenvalue weighted by molar-refractivity contribution is 5.95. The number of unbranched alkanes of at least 4 members (excludes halogenated alkanes) is 3. The summed E-state index contributed by atoms with van der Waals surface area (Å²) in [4.78, 5) is 35.0. The lowest BCUT2D eigenvalue weighted by Gasteiger charge is -2.31. The second-order valence-electron chi connectivity index (χ2n) is 10.7. The Labute approximate surface area is 253 Å². The molecule has 1 heterocycles. The zero-order valence-electron chi connectivity index (χ0n) is 25.2. The fourth-order valence-corrected chi connectivity index (χ4v) is 5.46. The molecule has 6 nitrogen and oxygen atoms in total. The van der Waals surface area contributed by atoms with Crippen LogP contribution in [0.25, 0.3) is 27.7 Å². The highest BCUT2D eigenvalue weighted by Crippen LogP contribution is 2.27. The molecule has 220 valence electrons. The minimum atomic E-state index is -0.466. The van der Waals surface area contributed by atoms with Gasteiger partial charge in [-0.1, -0.05) is 80.8 Å². The Hall–Kier alpha value is -4.71. The van der Waals surface area contributed by atoms with Crippen molar-refractivity contribution < 1.29 is 9.53 Å². The molecule has 5 aromatic rings. The van der Waals surface area contributed by atoms with Gasteiger partial charge in [-0.3, -0.25) is 14.2 Å². The molecule has 0 aliphatic rings. The molecule has 0 N–H and O–H groups in total. The first-order valence-corrected chi connectivity index (χ1v) is 15.2. The van der Waals surface area contributed by atoms with Crippen LogP contribution in [0.15, 0.2) is 108 Å². The molecule has 6 heteroatoms. The van der Waals surface area contributed by atoms with Gasteiger partial charge in [0.1, 0.15) is 11.6 Å². The first kappa shape index (κ1) is 29.8. The van der Waals surface area contributed by atoms with Gasteiger partial charge in [0.25, 0.3) is 11.5 Å². The molecule has 0 saturated heterocycles. The quantitative estimate of drug-likeness (QED) is 0.141. The summed E-state index contributed by atoms with van der Waals surface area (Å²) in [5.74, 6) is 1.18. The maximum atomic E-state index is 14.2. The lowest BCUT2D eigenvalue weighted by Crippen LogP contribution is -2.38. The van der Waals surface area contributed by atoms with Crippen LogP contribution in [0.3, 0.4) is 0 Å². The van der Waals surface area contributed by atoms with E-state index < -0.39 is 6.04 Å². The Kier molecular flexibility index (Phi) is 9.67. The van der Waals surface area contributed by atoms with Gasteiger partial charge in [0.05, 0.1) is 29.2 Å². The summed E-state index contributed by atoms with van der Waals surface area (Å²) < 4.78 is 7.28. The first-order chi connectivity index (χ1) is 21.0. The molecule has 0 spiro atoms. The van der Waals surface area contributed by atoms with Crippen molar-refractivity contribution in [2.45, 2.75) is 52.5 Å². The van der Waals surface area contributed by atoms with E-state index in [0.717, 1.165) is 42.6 Å². The molecule has 5 rings (SSSR count). The Balaban J connectivity index is 1.56. The summed E-state index contributed by atoms with van der Waals surface area (Å²) in [7, 11) is 0. The number of rotatable bonds is 12. The molecule has 1 amide bonds. The van der Waals surface area contributed by atoms with Crippen molar-refractivity contribution in [1.82, 2.24) is 14.5 Å². The molecule has 0 aliphatic carbocycles. The predicted molar refractivity (Wildman–Crippen MR) is 174 cm³/mol. The molecule has 43 heavy (non-hydrogen) atoms. The second kappa shape index (κ2) is 14.0. The number of hydrogen-bond donors (Lipinski definition) is 0. The van der Waals surface area contributed by atoms with E-state index in [0.29, 0.717) is 41.1 Å². The van der Waals surface area contributed by atoms with Gasteiger partial charge in [0.15, 0.2) is 0 Å². The van der Waals surface area contributed by atoms with Crippen LogP contribution < -0.4 is 10.3 Å². The van der Waals surface area contributed by atoms with Gasteiger partial charge in [-0.2, -0.15) is 0 Å². The van der Waals surface area contributed by atoms with E-state index in [1.165, 1.54) is 0 Å². The Morgan fingerprint density at radius 2 is 1.49 bits per heavy atom. The predicted octanol–water partition coefficient (Wildman–Crippen LogP) is 8.24. The van der Waals surface area contributed by atoms with Gasteiger partial charge >= 0.3 is 0 Å². The van der Waals surface area contributed by atoms with Gasteiger partial charge in [-0.15, -0.1) is 0 Å². The molecular weight excluding hydrogens is 534 g/mol. The van der Waals surface area contributed by atoms with Crippen LogP contribution in [0.2, 0.25) is 0 Å². The minimum Gasteiger partial charge on any atom is -0.494 e. The number of amides is 1. The maximum absolute atomic E-state index is 14.2. The standard InChI is InChI=1S/C37H39N3O3/c1-4-6-7-13-26-39(36(41)30-20-18-29(19-21-30)28-14-9-8-10-15-28)27(3)35-38-34-17-12-11-16-33(34)37(42)40(35)31-22-24-32(25-23-31)43-5-2/h8-12,14-25,27H,4-7,13,26H2,1-3H3. The van der Waals surface area contributed by atoms with Gasteiger partial charge in [-0.25, -0.2) is 4.98 Å². The number of carbonyl (C=O) groups excluding carboxylic acids is 1. The van der Waals surface area contributed by atoms with Crippen molar-refractivity contribution in [2.24, 2.45) is 0 Å². The van der Waals surface area contributed by atoms with Crippen molar-refractivity contribution in [2.75, 3.05) is 13.2 Å². The van der Waals surface area contributed by atoms with Gasteiger partial charge < -0.3 is 9.64 Å². The molecule has 0 aliphatic heterocycles. The van der Waals surface area contributed by atoms with Crippen LogP contribution in [-0.2, 0) is 0 Å². The first-order valence-electron chi connectivity index (χ1n) is 15.2. The molecule has 1 unspecified atom stereocenters. The van der Waals surface area contributed by atoms with E-state index in [1.807, 2.05) is 104 Å². The normalized spacial score (nSPS) is 11.8. The number of para-hydroxylation sites is 1. The Morgan fingerprint density at radius 3 is 2.19 bits per heavy atom. The topological polar surface area (TPSA) is 64.4 Å². The molecule has 0 saturated carbocycles. The zero-order chi connectivity index (χ0) is 30.2. The highest BCUT2D eigenvalue weighted by Gasteiger charge is 2.27. The van der Waals surface area contributed by atoms with Crippen molar-refractivity contribution in [1.29, 1.82) is 0 Å². The van der Waals surface area contributed by atoms with Crippen LogP contribution in [-0.4, -0.2) is 33.5 Å². The Morgan fingerprint density at radius 1 is 0.814 bits per heavy atom. The Bertz CT molecular complexity index is 1710. The second-order valence-corrected chi connectivity index (χ2v) is 10.7. The van der Waals surface area contributed by atoms with E-state index in [-0.39, 0.29) is 11.5 Å². The molecular formula is C37H39N3O3. The maximum Gasteiger partial charge on any atom is 0.266 e. The van der Waals surface area contributed by atoms with Gasteiger partial charge in [0, 0.05) is 12.1 Å². The van der Waals surface area contributed by atoms with Crippen LogP contribution in [0.5, 0.6) is 5.75 Å². The van der Waals surface area contributed by atoms with Crippen molar-refractivity contribution >= 4 is 16.8 Å². The van der Waals surface area contributed by atoms with Crippen LogP contribution in [0.1, 0.15) is 68.7 Å². The molecule has 0 fully saturated rings. The number of carbonyl (C=O) groups is 1. The lowest BCUT2D eigenvalue weighted by atomic mass is 10.0. The summed E-state index contributed by atoms with van der Waals surface area (Å²) in [6, 6.07) is 32.3. The average molecular weight is 574 g/mol. The summed E-state index contributed by atoms with van der Waals surface area (Å²) in [5.41, 5.74) is 3.90. The fraction of sp³-hybridized carbons (Fsp3) is 0.270. The van der Waals surface area contributed by atoms with Crippen LogP contribution in [0, 0.1) is 0 Å². The van der Waals surface area contributed by atoms with Crippen molar-refractivity contribution in [3.8, 4) is 22.6 Å². The smallest absolute Gasteiger partial charge is 0.266 e. The summed E-state index contributed by atoms with van der Waals surface area (Å²) in [6.07, 6.45) is 4.10. The monoisotopic (exact) mass is 573 g/mol. The summed E-state index contributed by atoms with van der Waals surface area (Å²) >= 11 is 0. The molecule has 1 aromatic heterocycles. The zero-order valence-corrected chi connectivity index (χ0v) is 25.2. The third-order valence-corrected chi connectivity index (χ3v) is 7.80. The summed E-state index contributed by atoms with van der Waals surface area (Å²) in [5, 5.41) is 0.532. The van der Waals surface area contributed by atoms with Crippen molar-refractivity contribution in [3.05, 3.63) is 125 Å². The molecule has 0 radical (unpaired) electrons. The number of ether oxygens (including phenoxy) is 1. The fourth-order valence-electron chi connectivity index (χ4n) is 5.46. The molecule has 4 aromatic carbocycles. The summed E-state index contributed by atoms with van der Waals surface area (Å²) in [6.45, 7) is 7.20. The van der Waals surface area contributed by atoms with Crippen molar-refractivity contribution in [3.63, 3.8) is 0 Å². The van der Waals surface area contributed by atoms with Gasteiger partial charge in [0.2, 0.25) is 0 Å². The molecule has 1 atom stereocenters. The largest absolute Gasteiger partial charge is 0.494 e. The van der Waals surface area contributed by atoms with E-state index in [2.05, 4.69) is 19.1 Å². The van der Waals surface area contributed by atoms with E-state index in [4.69, 9.17) is 9.72 Å². The third kappa shape index (κ3) is 6.69. The SMILES string of the molecule is CCCCCCN(C(=O)c1ccc(-c2ccccc2)cc1)C(C)c1nc2ccccc2c(=O)n1-c1ccc(OCC)cc1. The van der Waals surface area contributed by atoms with Gasteiger partial charge in [-0.05, 0) is 79.9 Å². The third-order valence-electron chi connectivity index (χ3n) is 7.80. The lowest BCUT2D eigenvalue weighted by molar-refractivity contribution is 0.0677. The number of fused-ring (bicyclic) bond motifs is 1. The molecule has 0 bridgehead atoms. The number of aromatic nitrogens is 2. The van der Waals surface area contributed by atoms with E-state index in [9.17, 15) is 9.59 Å². The number of nitrogens with zero attached hydrogens (tertiary/aromatic N) is 3. The number of hydrogen-bond acceptors (Lipinski definition) is 4. The average Bonchev–Trinajstić information content (AvgIpc) is 3.05. The van der Waals surface area contributed by atoms with Crippen LogP contribution in [0.4, 0.5) is 0 Å².